The van der Waals surface area contributed by atoms with E-state index < -0.39 is 21.2 Å². The van der Waals surface area contributed by atoms with Crippen LogP contribution >= 0.6 is 0 Å². The highest BCUT2D eigenvalue weighted by molar-refractivity contribution is 7.90. The summed E-state index contributed by atoms with van der Waals surface area (Å²) >= 11 is 0. The van der Waals surface area contributed by atoms with E-state index in [0.717, 1.165) is 23.6 Å². The number of carbonyl (C=O) groups is 1. The Hall–Kier alpha value is -0.660. The van der Waals surface area contributed by atoms with E-state index in [1.165, 1.54) is 14.0 Å². The molecule has 2 unspecified atom stereocenters. The van der Waals surface area contributed by atoms with Crippen molar-refractivity contribution in [2.75, 3.05) is 20.2 Å². The zero-order valence-electron chi connectivity index (χ0n) is 10.1. The topological polar surface area (TPSA) is 83.9 Å². The summed E-state index contributed by atoms with van der Waals surface area (Å²) in [5.74, 6) is -1.33. The molecule has 1 N–H and O–H groups in total. The smallest absolute Gasteiger partial charge is 0.323 e. The van der Waals surface area contributed by atoms with Gasteiger partial charge in [0.05, 0.1) is 6.10 Å². The number of carboxylic acid groups (broad SMARTS) is 1. The third kappa shape index (κ3) is 3.65. The van der Waals surface area contributed by atoms with Gasteiger partial charge in [0.2, 0.25) is 10.0 Å². The highest BCUT2D eigenvalue weighted by Crippen LogP contribution is 2.16. The summed E-state index contributed by atoms with van der Waals surface area (Å²) in [6.45, 7) is 2.04. The van der Waals surface area contributed by atoms with Gasteiger partial charge in [-0.25, -0.2) is 12.7 Å². The van der Waals surface area contributed by atoms with Crippen molar-refractivity contribution in [3.8, 4) is 0 Å². The van der Waals surface area contributed by atoms with Gasteiger partial charge in [-0.1, -0.05) is 0 Å². The fraction of sp³-hybridized carbons (Fsp3) is 0.900. The quantitative estimate of drug-likeness (QED) is 0.772. The van der Waals surface area contributed by atoms with Crippen LogP contribution in [-0.2, 0) is 19.6 Å². The second-order valence-corrected chi connectivity index (χ2v) is 6.65. The summed E-state index contributed by atoms with van der Waals surface area (Å²) in [4.78, 5) is 10.7. The van der Waals surface area contributed by atoms with Crippen LogP contribution in [0.4, 0.5) is 0 Å². The molecule has 0 saturated carbocycles. The summed E-state index contributed by atoms with van der Waals surface area (Å²) in [7, 11) is -2.39. The second kappa shape index (κ2) is 5.79. The van der Waals surface area contributed by atoms with Crippen molar-refractivity contribution in [2.45, 2.75) is 37.5 Å². The summed E-state index contributed by atoms with van der Waals surface area (Å²) < 4.78 is 30.2. The van der Waals surface area contributed by atoms with Gasteiger partial charge >= 0.3 is 5.97 Å². The average Bonchev–Trinajstić information content (AvgIpc) is 2.29. The van der Waals surface area contributed by atoms with Crippen molar-refractivity contribution < 1.29 is 23.1 Å². The highest BCUT2D eigenvalue weighted by Gasteiger charge is 2.33. The Bertz CT molecular complexity index is 361. The van der Waals surface area contributed by atoms with E-state index in [-0.39, 0.29) is 12.6 Å². The van der Waals surface area contributed by atoms with Crippen LogP contribution in [0.1, 0.15) is 26.2 Å². The molecule has 7 heteroatoms. The van der Waals surface area contributed by atoms with Crippen molar-refractivity contribution in [3.63, 3.8) is 0 Å². The van der Waals surface area contributed by atoms with Gasteiger partial charge in [-0.2, -0.15) is 0 Å². The van der Waals surface area contributed by atoms with Gasteiger partial charge in [0.1, 0.15) is 0 Å². The van der Waals surface area contributed by atoms with Crippen LogP contribution in [0.15, 0.2) is 0 Å². The van der Waals surface area contributed by atoms with Crippen LogP contribution in [-0.4, -0.2) is 55.4 Å². The Morgan fingerprint density at radius 2 is 2.18 bits per heavy atom. The lowest BCUT2D eigenvalue weighted by Crippen LogP contribution is -2.43. The number of carboxylic acids is 1. The van der Waals surface area contributed by atoms with Crippen LogP contribution in [0.5, 0.6) is 0 Å². The van der Waals surface area contributed by atoms with Gasteiger partial charge in [-0.15, -0.1) is 0 Å². The summed E-state index contributed by atoms with van der Waals surface area (Å²) in [5, 5.41) is 7.31. The standard InChI is InChI=1S/C10H19NO5S/c1-8(10(12)13)17(14,15)11(2)7-9-5-3-4-6-16-9/h8-9H,3-7H2,1-2H3,(H,12,13). The number of ether oxygens (including phenoxy) is 1. The van der Waals surface area contributed by atoms with E-state index in [2.05, 4.69) is 0 Å². The number of aliphatic carboxylic acids is 1. The number of rotatable bonds is 5. The molecule has 0 aromatic carbocycles. The molecule has 1 aliphatic heterocycles. The number of hydrogen-bond donors (Lipinski definition) is 1. The molecule has 6 nitrogen and oxygen atoms in total. The van der Waals surface area contributed by atoms with E-state index in [9.17, 15) is 13.2 Å². The van der Waals surface area contributed by atoms with Crippen molar-refractivity contribution >= 4 is 16.0 Å². The molecular weight excluding hydrogens is 246 g/mol. The molecule has 1 heterocycles. The molecule has 0 aromatic rings. The Balaban J connectivity index is 2.62. The van der Waals surface area contributed by atoms with Crippen LogP contribution in [0, 0.1) is 0 Å². The zero-order chi connectivity index (χ0) is 13.1. The maximum absolute atomic E-state index is 11.8. The lowest BCUT2D eigenvalue weighted by atomic mass is 10.1. The molecule has 1 saturated heterocycles. The lowest BCUT2D eigenvalue weighted by Gasteiger charge is -2.27. The number of sulfonamides is 1. The molecular formula is C10H19NO5S. The Morgan fingerprint density at radius 3 is 2.65 bits per heavy atom. The first-order chi connectivity index (χ1) is 7.85. The Kier molecular flexibility index (Phi) is 4.91. The van der Waals surface area contributed by atoms with Gasteiger partial charge in [0.15, 0.2) is 5.25 Å². The normalized spacial score (nSPS) is 23.6. The predicted octanol–water partition coefficient (Wildman–Crippen LogP) is 0.290. The Morgan fingerprint density at radius 1 is 1.53 bits per heavy atom. The van der Waals surface area contributed by atoms with Crippen LogP contribution in [0.3, 0.4) is 0 Å². The van der Waals surface area contributed by atoms with Gasteiger partial charge in [0, 0.05) is 20.2 Å². The largest absolute Gasteiger partial charge is 0.480 e. The second-order valence-electron chi connectivity index (χ2n) is 4.29. The first-order valence-electron chi connectivity index (χ1n) is 5.65. The average molecular weight is 265 g/mol. The van der Waals surface area contributed by atoms with Gasteiger partial charge in [-0.05, 0) is 26.2 Å². The number of likely N-dealkylation sites (N-methyl/N-ethyl adjacent to an activating group) is 1. The van der Waals surface area contributed by atoms with Crippen molar-refractivity contribution in [1.29, 1.82) is 0 Å². The molecule has 0 bridgehead atoms. The van der Waals surface area contributed by atoms with Crippen LogP contribution < -0.4 is 0 Å². The Labute approximate surface area is 102 Å². The fourth-order valence-electron chi connectivity index (χ4n) is 1.74. The SMILES string of the molecule is CC(C(=O)O)S(=O)(=O)N(C)CC1CCCCO1. The molecule has 17 heavy (non-hydrogen) atoms. The third-order valence-corrected chi connectivity index (χ3v) is 5.08. The van der Waals surface area contributed by atoms with E-state index in [1.807, 2.05) is 0 Å². The summed E-state index contributed by atoms with van der Waals surface area (Å²) in [6, 6.07) is 0. The molecule has 1 rings (SSSR count). The fourth-order valence-corrected chi connectivity index (χ4v) is 2.91. The van der Waals surface area contributed by atoms with E-state index >= 15 is 0 Å². The lowest BCUT2D eigenvalue weighted by molar-refractivity contribution is -0.136. The van der Waals surface area contributed by atoms with Gasteiger partial charge in [0.25, 0.3) is 0 Å². The van der Waals surface area contributed by atoms with E-state index in [1.54, 1.807) is 0 Å². The van der Waals surface area contributed by atoms with E-state index in [0.29, 0.717) is 6.61 Å². The zero-order valence-corrected chi connectivity index (χ0v) is 10.9. The molecule has 0 radical (unpaired) electrons. The summed E-state index contributed by atoms with van der Waals surface area (Å²) in [5.41, 5.74) is 0. The maximum atomic E-state index is 11.8. The minimum Gasteiger partial charge on any atom is -0.480 e. The van der Waals surface area contributed by atoms with E-state index in [4.69, 9.17) is 9.84 Å². The highest BCUT2D eigenvalue weighted by atomic mass is 32.2. The third-order valence-electron chi connectivity index (χ3n) is 2.96. The molecule has 0 spiro atoms. The molecule has 0 aromatic heterocycles. The van der Waals surface area contributed by atoms with Crippen molar-refractivity contribution in [3.05, 3.63) is 0 Å². The van der Waals surface area contributed by atoms with Crippen molar-refractivity contribution in [2.24, 2.45) is 0 Å². The maximum Gasteiger partial charge on any atom is 0.323 e. The molecule has 1 fully saturated rings. The molecule has 2 atom stereocenters. The summed E-state index contributed by atoms with van der Waals surface area (Å²) in [6.07, 6.45) is 2.72. The monoisotopic (exact) mass is 265 g/mol. The molecule has 0 aliphatic carbocycles. The first kappa shape index (κ1) is 14.4. The van der Waals surface area contributed by atoms with Gasteiger partial charge < -0.3 is 9.84 Å². The van der Waals surface area contributed by atoms with Crippen LogP contribution in [0.25, 0.3) is 0 Å². The molecule has 100 valence electrons. The first-order valence-corrected chi connectivity index (χ1v) is 7.15. The number of hydrogen-bond acceptors (Lipinski definition) is 4. The number of nitrogens with zero attached hydrogens (tertiary/aromatic N) is 1. The predicted molar refractivity (Wildman–Crippen MR) is 62.2 cm³/mol. The molecule has 1 aliphatic rings. The minimum absolute atomic E-state index is 0.121. The minimum atomic E-state index is -3.78. The van der Waals surface area contributed by atoms with Crippen LogP contribution in [0.2, 0.25) is 0 Å². The van der Waals surface area contributed by atoms with Crippen molar-refractivity contribution in [1.82, 2.24) is 4.31 Å². The van der Waals surface area contributed by atoms with Gasteiger partial charge in [-0.3, -0.25) is 4.79 Å². The molecule has 0 amide bonds.